The second-order valence-corrected chi connectivity index (χ2v) is 5.92. The van der Waals surface area contributed by atoms with Crippen LogP contribution in [-0.2, 0) is 11.2 Å². The Hall–Kier alpha value is -1.59. The van der Waals surface area contributed by atoms with Gasteiger partial charge < -0.3 is 20.5 Å². The molecule has 0 radical (unpaired) electrons. The van der Waals surface area contributed by atoms with Gasteiger partial charge in [0.15, 0.2) is 0 Å². The highest BCUT2D eigenvalue weighted by Gasteiger charge is 2.30. The van der Waals surface area contributed by atoms with E-state index >= 15 is 0 Å². The number of carbonyl (C=O) groups is 1. The van der Waals surface area contributed by atoms with Gasteiger partial charge in [-0.05, 0) is 36.6 Å². The van der Waals surface area contributed by atoms with Crippen LogP contribution in [0.25, 0.3) is 0 Å². The van der Waals surface area contributed by atoms with Gasteiger partial charge in [0.2, 0.25) is 0 Å². The molecular formula is C16H22N2O3. The predicted molar refractivity (Wildman–Crippen MR) is 80.6 cm³/mol. The number of nitrogens with one attached hydrogen (secondary N) is 2. The van der Waals surface area contributed by atoms with Crippen LogP contribution in [0.3, 0.4) is 0 Å². The molecule has 0 unspecified atom stereocenters. The lowest BCUT2D eigenvalue weighted by atomic mass is 9.94. The number of rotatable bonds is 3. The van der Waals surface area contributed by atoms with Crippen molar-refractivity contribution in [3.8, 4) is 0 Å². The fraction of sp³-hybridized carbons (Fsp3) is 0.562. The fourth-order valence-corrected chi connectivity index (χ4v) is 2.89. The Morgan fingerprint density at radius 1 is 1.38 bits per heavy atom. The van der Waals surface area contributed by atoms with Crippen molar-refractivity contribution in [3.63, 3.8) is 0 Å². The van der Waals surface area contributed by atoms with Gasteiger partial charge in [0.1, 0.15) is 0 Å². The molecule has 0 aliphatic carbocycles. The lowest BCUT2D eigenvalue weighted by molar-refractivity contribution is -0.0605. The Bertz CT molecular complexity index is 524. The lowest BCUT2D eigenvalue weighted by Crippen LogP contribution is -2.46. The van der Waals surface area contributed by atoms with Crippen molar-refractivity contribution >= 4 is 11.6 Å². The smallest absolute Gasteiger partial charge is 0.251 e. The maximum Gasteiger partial charge on any atom is 0.251 e. The number of aryl methyl sites for hydroxylation is 1. The molecule has 2 aliphatic rings. The van der Waals surface area contributed by atoms with Gasteiger partial charge in [-0.3, -0.25) is 4.79 Å². The molecule has 1 amide bonds. The van der Waals surface area contributed by atoms with Crippen molar-refractivity contribution in [2.45, 2.75) is 31.3 Å². The minimum Gasteiger partial charge on any atom is -0.388 e. The number of hydrogen-bond acceptors (Lipinski definition) is 4. The molecule has 1 aromatic rings. The van der Waals surface area contributed by atoms with Crippen molar-refractivity contribution in [2.75, 3.05) is 31.6 Å². The molecule has 0 aromatic heterocycles. The van der Waals surface area contributed by atoms with E-state index in [1.54, 1.807) is 0 Å². The topological polar surface area (TPSA) is 70.6 Å². The number of hydrogen-bond donors (Lipinski definition) is 3. The summed E-state index contributed by atoms with van der Waals surface area (Å²) in [7, 11) is 0. The molecule has 5 nitrogen and oxygen atoms in total. The van der Waals surface area contributed by atoms with Crippen molar-refractivity contribution in [1.82, 2.24) is 5.32 Å². The largest absolute Gasteiger partial charge is 0.388 e. The van der Waals surface area contributed by atoms with Gasteiger partial charge in [-0.1, -0.05) is 0 Å². The molecule has 0 atom stereocenters. The van der Waals surface area contributed by atoms with E-state index in [1.165, 1.54) is 5.56 Å². The summed E-state index contributed by atoms with van der Waals surface area (Å²) in [5, 5.41) is 16.5. The van der Waals surface area contributed by atoms with E-state index in [0.29, 0.717) is 31.6 Å². The summed E-state index contributed by atoms with van der Waals surface area (Å²) in [5.41, 5.74) is 2.15. The average Bonchev–Trinajstić information content (AvgIpc) is 2.53. The highest BCUT2D eigenvalue weighted by Crippen LogP contribution is 2.23. The van der Waals surface area contributed by atoms with E-state index in [9.17, 15) is 9.90 Å². The standard InChI is InChI=1S/C16H22N2O3/c19-15(18-11-16(20)5-8-21-9-6-16)13-3-4-14-12(10-13)2-1-7-17-14/h3-4,10,17,20H,1-2,5-9,11H2,(H,18,19). The molecule has 21 heavy (non-hydrogen) atoms. The first kappa shape index (κ1) is 14.4. The van der Waals surface area contributed by atoms with Crippen LogP contribution in [0.2, 0.25) is 0 Å². The SMILES string of the molecule is O=C(NCC1(O)CCOCC1)c1ccc2c(c1)CCCN2. The van der Waals surface area contributed by atoms with Gasteiger partial charge in [0.05, 0.1) is 5.60 Å². The molecule has 1 fully saturated rings. The summed E-state index contributed by atoms with van der Waals surface area (Å²) < 4.78 is 5.24. The monoisotopic (exact) mass is 290 g/mol. The quantitative estimate of drug-likeness (QED) is 0.785. The number of amides is 1. The van der Waals surface area contributed by atoms with Gasteiger partial charge in [-0.15, -0.1) is 0 Å². The number of fused-ring (bicyclic) bond motifs is 1. The first-order valence-electron chi connectivity index (χ1n) is 7.61. The summed E-state index contributed by atoms with van der Waals surface area (Å²) in [6.45, 7) is 2.38. The molecule has 3 N–H and O–H groups in total. The molecule has 0 saturated carbocycles. The van der Waals surface area contributed by atoms with E-state index in [-0.39, 0.29) is 12.5 Å². The predicted octanol–water partition coefficient (Wildman–Crippen LogP) is 1.32. The number of carbonyl (C=O) groups excluding carboxylic acids is 1. The molecule has 5 heteroatoms. The third-order valence-corrected chi connectivity index (χ3v) is 4.31. The van der Waals surface area contributed by atoms with Gasteiger partial charge >= 0.3 is 0 Å². The Kier molecular flexibility index (Phi) is 4.12. The number of aliphatic hydroxyl groups is 1. The van der Waals surface area contributed by atoms with E-state index in [1.807, 2.05) is 18.2 Å². The zero-order valence-electron chi connectivity index (χ0n) is 12.2. The van der Waals surface area contributed by atoms with Crippen LogP contribution in [-0.4, -0.2) is 42.9 Å². The maximum absolute atomic E-state index is 12.2. The van der Waals surface area contributed by atoms with Gasteiger partial charge in [-0.25, -0.2) is 0 Å². The molecule has 1 saturated heterocycles. The molecular weight excluding hydrogens is 268 g/mol. The van der Waals surface area contributed by atoms with Crippen LogP contribution in [0.1, 0.15) is 35.2 Å². The van der Waals surface area contributed by atoms with Crippen LogP contribution in [0.15, 0.2) is 18.2 Å². The molecule has 1 aromatic carbocycles. The molecule has 0 spiro atoms. The van der Waals surface area contributed by atoms with Crippen molar-refractivity contribution < 1.29 is 14.6 Å². The highest BCUT2D eigenvalue weighted by molar-refractivity contribution is 5.95. The Morgan fingerprint density at radius 2 is 2.19 bits per heavy atom. The lowest BCUT2D eigenvalue weighted by Gasteiger charge is -2.32. The molecule has 0 bridgehead atoms. The van der Waals surface area contributed by atoms with Crippen LogP contribution in [0.5, 0.6) is 0 Å². The molecule has 114 valence electrons. The van der Waals surface area contributed by atoms with Gasteiger partial charge in [-0.2, -0.15) is 0 Å². The third-order valence-electron chi connectivity index (χ3n) is 4.31. The van der Waals surface area contributed by atoms with Crippen LogP contribution in [0, 0.1) is 0 Å². The summed E-state index contributed by atoms with van der Waals surface area (Å²) in [5.74, 6) is -0.122. The summed E-state index contributed by atoms with van der Waals surface area (Å²) in [6, 6.07) is 5.75. The maximum atomic E-state index is 12.2. The van der Waals surface area contributed by atoms with Gasteiger partial charge in [0, 0.05) is 50.4 Å². The second-order valence-electron chi connectivity index (χ2n) is 5.92. The normalized spacial score (nSPS) is 20.2. The number of benzene rings is 1. The zero-order valence-corrected chi connectivity index (χ0v) is 12.2. The number of anilines is 1. The second kappa shape index (κ2) is 6.03. The Morgan fingerprint density at radius 3 is 3.00 bits per heavy atom. The van der Waals surface area contributed by atoms with E-state index in [0.717, 1.165) is 25.1 Å². The fourth-order valence-electron chi connectivity index (χ4n) is 2.89. The van der Waals surface area contributed by atoms with Crippen molar-refractivity contribution in [2.24, 2.45) is 0 Å². The van der Waals surface area contributed by atoms with E-state index < -0.39 is 5.60 Å². The summed E-state index contributed by atoms with van der Waals surface area (Å²) in [4.78, 5) is 12.2. The van der Waals surface area contributed by atoms with Gasteiger partial charge in [0.25, 0.3) is 5.91 Å². The van der Waals surface area contributed by atoms with Crippen LogP contribution < -0.4 is 10.6 Å². The minimum absolute atomic E-state index is 0.122. The number of ether oxygens (including phenoxy) is 1. The molecule has 2 heterocycles. The summed E-state index contributed by atoms with van der Waals surface area (Å²) in [6.07, 6.45) is 3.24. The molecule has 3 rings (SSSR count). The first-order chi connectivity index (χ1) is 10.2. The van der Waals surface area contributed by atoms with Crippen LogP contribution in [0.4, 0.5) is 5.69 Å². The van der Waals surface area contributed by atoms with Crippen molar-refractivity contribution in [3.05, 3.63) is 29.3 Å². The Labute approximate surface area is 124 Å². The van der Waals surface area contributed by atoms with E-state index in [4.69, 9.17) is 4.74 Å². The zero-order chi connectivity index (χ0) is 14.7. The van der Waals surface area contributed by atoms with Crippen LogP contribution >= 0.6 is 0 Å². The van der Waals surface area contributed by atoms with E-state index in [2.05, 4.69) is 10.6 Å². The third kappa shape index (κ3) is 3.36. The average molecular weight is 290 g/mol. The van der Waals surface area contributed by atoms with Crippen molar-refractivity contribution in [1.29, 1.82) is 0 Å². The Balaban J connectivity index is 1.62. The highest BCUT2D eigenvalue weighted by atomic mass is 16.5. The molecule has 2 aliphatic heterocycles. The first-order valence-corrected chi connectivity index (χ1v) is 7.61. The summed E-state index contributed by atoms with van der Waals surface area (Å²) >= 11 is 0. The minimum atomic E-state index is -0.830.